The Balaban J connectivity index is 1.71. The molecule has 0 atom stereocenters. The number of halogens is 1. The molecular weight excluding hydrogens is 224 g/mol. The van der Waals surface area contributed by atoms with Crippen LogP contribution in [0, 0.1) is 0 Å². The Kier molecular flexibility index (Phi) is 4.45. The summed E-state index contributed by atoms with van der Waals surface area (Å²) in [6.07, 6.45) is 0. The Labute approximate surface area is 101 Å². The summed E-state index contributed by atoms with van der Waals surface area (Å²) in [5, 5.41) is 3.11. The van der Waals surface area contributed by atoms with Gasteiger partial charge in [-0.1, -0.05) is 17.7 Å². The second-order valence-electron chi connectivity index (χ2n) is 4.17. The molecule has 0 spiro atoms. The van der Waals surface area contributed by atoms with Gasteiger partial charge in [0.1, 0.15) is 45.1 Å². The Bertz CT molecular complexity index is 327. The maximum absolute atomic E-state index is 5.88. The predicted octanol–water partition coefficient (Wildman–Crippen LogP) is -0.819. The number of hydrogen-bond acceptors (Lipinski definition) is 1. The summed E-state index contributed by atoms with van der Waals surface area (Å²) in [5.74, 6) is 0.871. The molecule has 1 aromatic carbocycles. The summed E-state index contributed by atoms with van der Waals surface area (Å²) in [6, 6.07) is 7.59. The van der Waals surface area contributed by atoms with E-state index in [4.69, 9.17) is 16.3 Å². The highest BCUT2D eigenvalue weighted by Gasteiger charge is 2.14. The topological polar surface area (TPSA) is 30.3 Å². The van der Waals surface area contributed by atoms with Gasteiger partial charge < -0.3 is 15.0 Å². The molecule has 16 heavy (non-hydrogen) atoms. The molecule has 0 radical (unpaired) electrons. The SMILES string of the molecule is Clc1cccc(OCC[NH+]2CC[NH2+]CC2)c1. The number of rotatable bonds is 4. The van der Waals surface area contributed by atoms with Crippen LogP contribution in [0.1, 0.15) is 0 Å². The summed E-state index contributed by atoms with van der Waals surface area (Å²) in [5.41, 5.74) is 0. The van der Waals surface area contributed by atoms with Crippen molar-refractivity contribution in [1.29, 1.82) is 0 Å². The summed E-state index contributed by atoms with van der Waals surface area (Å²) in [7, 11) is 0. The summed E-state index contributed by atoms with van der Waals surface area (Å²) < 4.78 is 5.67. The van der Waals surface area contributed by atoms with E-state index in [0.29, 0.717) is 0 Å². The molecule has 2 rings (SSSR count). The lowest BCUT2D eigenvalue weighted by Crippen LogP contribution is -3.20. The number of ether oxygens (including phenoxy) is 1. The van der Waals surface area contributed by atoms with Gasteiger partial charge in [0.15, 0.2) is 0 Å². The lowest BCUT2D eigenvalue weighted by Gasteiger charge is -2.22. The normalized spacial score (nSPS) is 17.3. The minimum atomic E-state index is 0.734. The molecule has 4 heteroatoms. The Morgan fingerprint density at radius 3 is 2.88 bits per heavy atom. The van der Waals surface area contributed by atoms with Gasteiger partial charge in [0, 0.05) is 5.02 Å². The van der Waals surface area contributed by atoms with E-state index >= 15 is 0 Å². The monoisotopic (exact) mass is 242 g/mol. The van der Waals surface area contributed by atoms with Gasteiger partial charge in [-0.25, -0.2) is 0 Å². The third-order valence-corrected chi connectivity index (χ3v) is 3.16. The Morgan fingerprint density at radius 2 is 2.12 bits per heavy atom. The second kappa shape index (κ2) is 6.09. The molecule has 1 aliphatic rings. The Hall–Kier alpha value is -0.770. The molecule has 0 saturated carbocycles. The zero-order valence-corrected chi connectivity index (χ0v) is 10.2. The molecule has 1 aliphatic heterocycles. The maximum Gasteiger partial charge on any atom is 0.137 e. The zero-order valence-electron chi connectivity index (χ0n) is 9.42. The summed E-state index contributed by atoms with van der Waals surface area (Å²) >= 11 is 5.88. The van der Waals surface area contributed by atoms with Gasteiger partial charge in [0.25, 0.3) is 0 Å². The molecule has 1 fully saturated rings. The molecule has 3 N–H and O–H groups in total. The van der Waals surface area contributed by atoms with E-state index in [1.54, 1.807) is 4.90 Å². The number of nitrogens with two attached hydrogens (primary N) is 1. The van der Waals surface area contributed by atoms with E-state index in [1.165, 1.54) is 26.2 Å². The number of nitrogens with one attached hydrogen (secondary N) is 1. The van der Waals surface area contributed by atoms with Crippen LogP contribution in [0.3, 0.4) is 0 Å². The third-order valence-electron chi connectivity index (χ3n) is 2.92. The van der Waals surface area contributed by atoms with Gasteiger partial charge in [0.2, 0.25) is 0 Å². The zero-order chi connectivity index (χ0) is 11.2. The van der Waals surface area contributed by atoms with Gasteiger partial charge >= 0.3 is 0 Å². The van der Waals surface area contributed by atoms with Crippen molar-refractivity contribution < 1.29 is 15.0 Å². The van der Waals surface area contributed by atoms with Crippen LogP contribution in [-0.4, -0.2) is 39.3 Å². The molecule has 88 valence electrons. The van der Waals surface area contributed by atoms with Gasteiger partial charge in [-0.15, -0.1) is 0 Å². The minimum absolute atomic E-state index is 0.734. The first-order valence-corrected chi connectivity index (χ1v) is 6.26. The minimum Gasteiger partial charge on any atom is -0.488 e. The summed E-state index contributed by atoms with van der Waals surface area (Å²) in [6.45, 7) is 6.84. The van der Waals surface area contributed by atoms with Crippen LogP contribution in [0.15, 0.2) is 24.3 Å². The second-order valence-corrected chi connectivity index (χ2v) is 4.61. The molecule has 0 aliphatic carbocycles. The number of piperazine rings is 1. The fraction of sp³-hybridized carbons (Fsp3) is 0.500. The highest BCUT2D eigenvalue weighted by atomic mass is 35.5. The maximum atomic E-state index is 5.88. The van der Waals surface area contributed by atoms with Gasteiger partial charge in [0.05, 0.1) is 0 Å². The van der Waals surface area contributed by atoms with E-state index in [1.807, 2.05) is 24.3 Å². The smallest absolute Gasteiger partial charge is 0.137 e. The van der Waals surface area contributed by atoms with Gasteiger partial charge in [-0.05, 0) is 18.2 Å². The molecule has 0 amide bonds. The molecule has 1 saturated heterocycles. The third kappa shape index (κ3) is 3.67. The van der Waals surface area contributed by atoms with Crippen molar-refractivity contribution in [2.24, 2.45) is 0 Å². The molecule has 3 nitrogen and oxygen atoms in total. The number of benzene rings is 1. The van der Waals surface area contributed by atoms with E-state index in [-0.39, 0.29) is 0 Å². The first-order valence-electron chi connectivity index (χ1n) is 5.88. The standard InChI is InChI=1S/C12H17ClN2O/c13-11-2-1-3-12(10-11)16-9-8-15-6-4-14-5-7-15/h1-3,10,14H,4-9H2/p+2. The van der Waals surface area contributed by atoms with E-state index < -0.39 is 0 Å². The highest BCUT2D eigenvalue weighted by molar-refractivity contribution is 6.30. The lowest BCUT2D eigenvalue weighted by molar-refractivity contribution is -0.946. The fourth-order valence-corrected chi connectivity index (χ4v) is 2.18. The van der Waals surface area contributed by atoms with Crippen LogP contribution in [0.4, 0.5) is 0 Å². The van der Waals surface area contributed by atoms with Crippen molar-refractivity contribution in [3.05, 3.63) is 29.3 Å². The van der Waals surface area contributed by atoms with Crippen LogP contribution in [0.25, 0.3) is 0 Å². The highest BCUT2D eigenvalue weighted by Crippen LogP contribution is 2.16. The van der Waals surface area contributed by atoms with Crippen LogP contribution in [0.5, 0.6) is 5.75 Å². The van der Waals surface area contributed by atoms with E-state index in [9.17, 15) is 0 Å². The van der Waals surface area contributed by atoms with E-state index in [0.717, 1.165) is 23.9 Å². The first-order chi connectivity index (χ1) is 7.84. The van der Waals surface area contributed by atoms with Crippen molar-refractivity contribution in [3.63, 3.8) is 0 Å². The van der Waals surface area contributed by atoms with Crippen LogP contribution >= 0.6 is 11.6 Å². The van der Waals surface area contributed by atoms with E-state index in [2.05, 4.69) is 5.32 Å². The number of hydrogen-bond donors (Lipinski definition) is 2. The molecule has 0 bridgehead atoms. The molecule has 1 aromatic rings. The fourth-order valence-electron chi connectivity index (χ4n) is 2.00. The Morgan fingerprint density at radius 1 is 1.31 bits per heavy atom. The summed E-state index contributed by atoms with van der Waals surface area (Å²) in [4.78, 5) is 1.64. The lowest BCUT2D eigenvalue weighted by atomic mass is 10.3. The van der Waals surface area contributed by atoms with Crippen molar-refractivity contribution in [2.45, 2.75) is 0 Å². The van der Waals surface area contributed by atoms with Crippen molar-refractivity contribution in [1.82, 2.24) is 0 Å². The first kappa shape index (κ1) is 11.7. The molecule has 0 unspecified atom stereocenters. The van der Waals surface area contributed by atoms with Gasteiger partial charge in [-0.2, -0.15) is 0 Å². The van der Waals surface area contributed by atoms with Crippen LogP contribution in [-0.2, 0) is 0 Å². The van der Waals surface area contributed by atoms with Crippen molar-refractivity contribution in [2.75, 3.05) is 39.3 Å². The number of quaternary nitrogens is 2. The molecular formula is C12H19ClN2O+2. The van der Waals surface area contributed by atoms with Crippen molar-refractivity contribution >= 4 is 11.6 Å². The van der Waals surface area contributed by atoms with Crippen LogP contribution < -0.4 is 15.0 Å². The predicted molar refractivity (Wildman–Crippen MR) is 64.2 cm³/mol. The average Bonchev–Trinajstić information content (AvgIpc) is 2.30. The molecule has 0 aromatic heterocycles. The quantitative estimate of drug-likeness (QED) is 0.710. The molecule has 1 heterocycles. The average molecular weight is 243 g/mol. The largest absolute Gasteiger partial charge is 0.488 e. The van der Waals surface area contributed by atoms with Crippen LogP contribution in [0.2, 0.25) is 5.02 Å². The van der Waals surface area contributed by atoms with Gasteiger partial charge in [-0.3, -0.25) is 0 Å². The van der Waals surface area contributed by atoms with Crippen molar-refractivity contribution in [3.8, 4) is 5.75 Å².